The van der Waals surface area contributed by atoms with Gasteiger partial charge >= 0.3 is 5.97 Å². The van der Waals surface area contributed by atoms with E-state index >= 15 is 0 Å². The van der Waals surface area contributed by atoms with Gasteiger partial charge in [0, 0.05) is 4.47 Å². The first-order valence-corrected chi connectivity index (χ1v) is 7.09. The van der Waals surface area contributed by atoms with E-state index in [1.165, 1.54) is 0 Å². The number of carbonyl (C=O) groups excluding carboxylic acids is 1. The Hall–Kier alpha value is -1.36. The number of hydrogen-bond donors (Lipinski definition) is 2. The molecule has 4 nitrogen and oxygen atoms in total. The number of nitrogens with one attached hydrogen (secondary N) is 1. The molecule has 104 valence electrons. The fraction of sp³-hybridized carbons (Fsp3) is 0.429. The van der Waals surface area contributed by atoms with Crippen LogP contribution in [0.4, 0.5) is 0 Å². The Morgan fingerprint density at radius 2 is 1.95 bits per heavy atom. The number of halogens is 1. The Morgan fingerprint density at radius 1 is 1.32 bits per heavy atom. The first-order valence-electron chi connectivity index (χ1n) is 6.29. The molecular formula is C14H18BrNO3. The molecule has 2 N–H and O–H groups in total. The highest BCUT2D eigenvalue weighted by molar-refractivity contribution is 9.10. The fourth-order valence-corrected chi connectivity index (χ4v) is 1.96. The van der Waals surface area contributed by atoms with Gasteiger partial charge in [-0.15, -0.1) is 0 Å². The van der Waals surface area contributed by atoms with E-state index in [0.29, 0.717) is 6.42 Å². The van der Waals surface area contributed by atoms with E-state index in [0.717, 1.165) is 22.9 Å². The second-order valence-corrected chi connectivity index (χ2v) is 5.32. The Bertz CT molecular complexity index is 431. The van der Waals surface area contributed by atoms with E-state index in [1.54, 1.807) is 0 Å². The van der Waals surface area contributed by atoms with Crippen LogP contribution in [0.15, 0.2) is 28.7 Å². The number of carbonyl (C=O) groups is 2. The number of rotatable bonds is 7. The van der Waals surface area contributed by atoms with Gasteiger partial charge in [0.1, 0.15) is 6.04 Å². The first kappa shape index (κ1) is 15.7. The summed E-state index contributed by atoms with van der Waals surface area (Å²) in [7, 11) is 0. The predicted molar refractivity (Wildman–Crippen MR) is 76.9 cm³/mol. The van der Waals surface area contributed by atoms with Gasteiger partial charge in [0.2, 0.25) is 5.91 Å². The fourth-order valence-electron chi connectivity index (χ4n) is 1.70. The van der Waals surface area contributed by atoms with Crippen molar-refractivity contribution in [1.29, 1.82) is 0 Å². The van der Waals surface area contributed by atoms with E-state index in [9.17, 15) is 9.59 Å². The van der Waals surface area contributed by atoms with Crippen LogP contribution in [0.1, 0.15) is 31.7 Å². The SMILES string of the molecule is CCCC[C@H](NC(=O)Cc1ccc(Br)cc1)C(=O)O. The molecule has 0 spiro atoms. The highest BCUT2D eigenvalue weighted by atomic mass is 79.9. The number of amides is 1. The molecule has 1 aromatic carbocycles. The average Bonchev–Trinajstić information content (AvgIpc) is 2.37. The maximum Gasteiger partial charge on any atom is 0.326 e. The third-order valence-corrected chi connectivity index (χ3v) is 3.29. The molecule has 0 saturated heterocycles. The molecule has 0 heterocycles. The van der Waals surface area contributed by atoms with Gasteiger partial charge in [0.05, 0.1) is 6.42 Å². The lowest BCUT2D eigenvalue weighted by Gasteiger charge is -2.14. The molecule has 19 heavy (non-hydrogen) atoms. The zero-order chi connectivity index (χ0) is 14.3. The lowest BCUT2D eigenvalue weighted by Crippen LogP contribution is -2.41. The van der Waals surface area contributed by atoms with Crippen LogP contribution in [0.25, 0.3) is 0 Å². The maximum absolute atomic E-state index is 11.8. The normalized spacial score (nSPS) is 11.9. The van der Waals surface area contributed by atoms with E-state index in [4.69, 9.17) is 5.11 Å². The van der Waals surface area contributed by atoms with E-state index in [2.05, 4.69) is 21.2 Å². The van der Waals surface area contributed by atoms with Crippen LogP contribution in [-0.4, -0.2) is 23.0 Å². The molecule has 0 aliphatic heterocycles. The largest absolute Gasteiger partial charge is 0.480 e. The standard InChI is InChI=1S/C14H18BrNO3/c1-2-3-4-12(14(18)19)16-13(17)9-10-5-7-11(15)8-6-10/h5-8,12H,2-4,9H2,1H3,(H,16,17)(H,18,19)/t12-/m0/s1. The number of benzene rings is 1. The van der Waals surface area contributed by atoms with Crippen LogP contribution in [0.3, 0.4) is 0 Å². The molecule has 0 aromatic heterocycles. The zero-order valence-corrected chi connectivity index (χ0v) is 12.4. The summed E-state index contributed by atoms with van der Waals surface area (Å²) in [6.07, 6.45) is 2.36. The Morgan fingerprint density at radius 3 is 2.47 bits per heavy atom. The number of aliphatic carboxylic acids is 1. The molecule has 0 bridgehead atoms. The summed E-state index contributed by atoms with van der Waals surface area (Å²) in [6, 6.07) is 6.60. The molecule has 0 unspecified atom stereocenters. The molecule has 0 fully saturated rings. The second-order valence-electron chi connectivity index (χ2n) is 4.40. The van der Waals surface area contributed by atoms with Crippen LogP contribution in [-0.2, 0) is 16.0 Å². The Balaban J connectivity index is 2.52. The van der Waals surface area contributed by atoms with Gasteiger partial charge in [-0.2, -0.15) is 0 Å². The van der Waals surface area contributed by atoms with E-state index in [-0.39, 0.29) is 12.3 Å². The highest BCUT2D eigenvalue weighted by Gasteiger charge is 2.19. The molecular weight excluding hydrogens is 310 g/mol. The van der Waals surface area contributed by atoms with Crippen LogP contribution in [0, 0.1) is 0 Å². The molecule has 0 aliphatic carbocycles. The Labute approximate surface area is 121 Å². The molecule has 1 aromatic rings. The summed E-state index contributed by atoms with van der Waals surface area (Å²) in [5.74, 6) is -1.23. The molecule has 0 saturated carbocycles. The third kappa shape index (κ3) is 5.87. The number of carboxylic acid groups (broad SMARTS) is 1. The predicted octanol–water partition coefficient (Wildman–Crippen LogP) is 2.75. The highest BCUT2D eigenvalue weighted by Crippen LogP contribution is 2.11. The van der Waals surface area contributed by atoms with Crippen molar-refractivity contribution in [3.63, 3.8) is 0 Å². The summed E-state index contributed by atoms with van der Waals surface area (Å²) < 4.78 is 0.947. The van der Waals surface area contributed by atoms with Crippen LogP contribution < -0.4 is 5.32 Å². The number of hydrogen-bond acceptors (Lipinski definition) is 2. The second kappa shape index (κ2) is 7.94. The quantitative estimate of drug-likeness (QED) is 0.809. The third-order valence-electron chi connectivity index (χ3n) is 2.76. The van der Waals surface area contributed by atoms with Crippen molar-refractivity contribution in [2.24, 2.45) is 0 Å². The minimum absolute atomic E-state index is 0.198. The molecule has 0 radical (unpaired) electrons. The van der Waals surface area contributed by atoms with Crippen LogP contribution in [0.2, 0.25) is 0 Å². The van der Waals surface area contributed by atoms with Crippen LogP contribution in [0.5, 0.6) is 0 Å². The van der Waals surface area contributed by atoms with Crippen LogP contribution >= 0.6 is 15.9 Å². The van der Waals surface area contributed by atoms with Gasteiger partial charge in [-0.25, -0.2) is 4.79 Å². The van der Waals surface area contributed by atoms with Gasteiger partial charge < -0.3 is 10.4 Å². The summed E-state index contributed by atoms with van der Waals surface area (Å²) in [6.45, 7) is 1.99. The summed E-state index contributed by atoms with van der Waals surface area (Å²) in [4.78, 5) is 22.8. The number of carboxylic acids is 1. The van der Waals surface area contributed by atoms with Crippen molar-refractivity contribution in [3.8, 4) is 0 Å². The van der Waals surface area contributed by atoms with E-state index in [1.807, 2.05) is 31.2 Å². The van der Waals surface area contributed by atoms with Gasteiger partial charge in [0.25, 0.3) is 0 Å². The number of unbranched alkanes of at least 4 members (excludes halogenated alkanes) is 1. The molecule has 0 aliphatic rings. The average molecular weight is 328 g/mol. The minimum atomic E-state index is -0.974. The topological polar surface area (TPSA) is 66.4 Å². The van der Waals surface area contributed by atoms with Crippen molar-refractivity contribution in [2.75, 3.05) is 0 Å². The molecule has 1 rings (SSSR count). The van der Waals surface area contributed by atoms with Crippen molar-refractivity contribution < 1.29 is 14.7 Å². The van der Waals surface area contributed by atoms with Crippen molar-refractivity contribution >= 4 is 27.8 Å². The van der Waals surface area contributed by atoms with Crippen molar-refractivity contribution in [3.05, 3.63) is 34.3 Å². The maximum atomic E-state index is 11.8. The van der Waals surface area contributed by atoms with Crippen molar-refractivity contribution in [2.45, 2.75) is 38.6 Å². The van der Waals surface area contributed by atoms with Gasteiger partial charge in [-0.3, -0.25) is 4.79 Å². The zero-order valence-electron chi connectivity index (χ0n) is 10.9. The van der Waals surface area contributed by atoms with Gasteiger partial charge in [-0.1, -0.05) is 47.8 Å². The lowest BCUT2D eigenvalue weighted by atomic mass is 10.1. The molecule has 1 atom stereocenters. The summed E-state index contributed by atoms with van der Waals surface area (Å²) in [5.41, 5.74) is 0.861. The lowest BCUT2D eigenvalue weighted by molar-refractivity contribution is -0.142. The van der Waals surface area contributed by atoms with Crippen molar-refractivity contribution in [1.82, 2.24) is 5.32 Å². The Kier molecular flexibility index (Phi) is 6.56. The summed E-state index contributed by atoms with van der Waals surface area (Å²) in [5, 5.41) is 11.6. The monoisotopic (exact) mass is 327 g/mol. The molecule has 1 amide bonds. The van der Waals surface area contributed by atoms with E-state index < -0.39 is 12.0 Å². The van der Waals surface area contributed by atoms with Gasteiger partial charge in [0.15, 0.2) is 0 Å². The summed E-state index contributed by atoms with van der Waals surface area (Å²) >= 11 is 3.32. The minimum Gasteiger partial charge on any atom is -0.480 e. The molecule has 5 heteroatoms. The van der Waals surface area contributed by atoms with Gasteiger partial charge in [-0.05, 0) is 24.1 Å². The first-order chi connectivity index (χ1) is 9.02. The smallest absolute Gasteiger partial charge is 0.326 e.